The zero-order valence-corrected chi connectivity index (χ0v) is 12.4. The molecule has 0 spiro atoms. The Hall–Kier alpha value is -0.480. The molecule has 1 aromatic carbocycles. The number of aliphatic hydroxyl groups is 1. The third-order valence-corrected chi connectivity index (χ3v) is 3.86. The second-order valence-electron chi connectivity index (χ2n) is 5.07. The van der Waals surface area contributed by atoms with Crippen LogP contribution in [0.3, 0.4) is 0 Å². The predicted octanol–water partition coefficient (Wildman–Crippen LogP) is 3.12. The average molecular weight is 304 g/mol. The van der Waals surface area contributed by atoms with Gasteiger partial charge >= 0.3 is 0 Å². The molecule has 0 saturated heterocycles. The first-order valence-corrected chi connectivity index (χ1v) is 7.31. The summed E-state index contributed by atoms with van der Waals surface area (Å²) in [6.45, 7) is 2.90. The van der Waals surface area contributed by atoms with Crippen LogP contribution in [-0.4, -0.2) is 30.4 Å². The SMILES string of the molecule is CC(NCC(O)COc1ccc(Cl)cc1Cl)C1CC1. The van der Waals surface area contributed by atoms with Crippen molar-refractivity contribution in [1.82, 2.24) is 5.32 Å². The highest BCUT2D eigenvalue weighted by molar-refractivity contribution is 6.35. The maximum Gasteiger partial charge on any atom is 0.138 e. The van der Waals surface area contributed by atoms with Gasteiger partial charge in [-0.25, -0.2) is 0 Å². The normalized spacial score (nSPS) is 18.1. The maximum atomic E-state index is 9.85. The van der Waals surface area contributed by atoms with Crippen molar-refractivity contribution >= 4 is 23.2 Å². The Morgan fingerprint density at radius 1 is 1.42 bits per heavy atom. The molecule has 0 aliphatic heterocycles. The number of benzene rings is 1. The van der Waals surface area contributed by atoms with Gasteiger partial charge < -0.3 is 15.2 Å². The third-order valence-electron chi connectivity index (χ3n) is 3.33. The zero-order chi connectivity index (χ0) is 13.8. The lowest BCUT2D eigenvalue weighted by atomic mass is 10.2. The Balaban J connectivity index is 1.71. The van der Waals surface area contributed by atoms with Gasteiger partial charge in [0.2, 0.25) is 0 Å². The standard InChI is InChI=1S/C14H19Cl2NO2/c1-9(10-2-3-10)17-7-12(18)8-19-14-5-4-11(15)6-13(14)16/h4-6,9-10,12,17-18H,2-3,7-8H2,1H3. The molecule has 2 N–H and O–H groups in total. The molecule has 5 heteroatoms. The molecule has 0 amide bonds. The lowest BCUT2D eigenvalue weighted by molar-refractivity contribution is 0.103. The summed E-state index contributed by atoms with van der Waals surface area (Å²) < 4.78 is 5.48. The third kappa shape index (κ3) is 4.84. The van der Waals surface area contributed by atoms with Gasteiger partial charge in [0.25, 0.3) is 0 Å². The number of nitrogens with one attached hydrogen (secondary N) is 1. The van der Waals surface area contributed by atoms with Crippen LogP contribution < -0.4 is 10.1 Å². The fourth-order valence-electron chi connectivity index (χ4n) is 1.92. The van der Waals surface area contributed by atoms with Gasteiger partial charge in [-0.05, 0) is 43.9 Å². The minimum atomic E-state index is -0.548. The topological polar surface area (TPSA) is 41.5 Å². The van der Waals surface area contributed by atoms with Crippen LogP contribution >= 0.6 is 23.2 Å². The van der Waals surface area contributed by atoms with Gasteiger partial charge in [0.1, 0.15) is 18.5 Å². The summed E-state index contributed by atoms with van der Waals surface area (Å²) >= 11 is 11.8. The van der Waals surface area contributed by atoms with E-state index in [0.717, 1.165) is 5.92 Å². The summed E-state index contributed by atoms with van der Waals surface area (Å²) in [5.74, 6) is 1.32. The molecule has 1 saturated carbocycles. The fraction of sp³-hybridized carbons (Fsp3) is 0.571. The Morgan fingerprint density at radius 2 is 2.16 bits per heavy atom. The van der Waals surface area contributed by atoms with Crippen LogP contribution in [0, 0.1) is 5.92 Å². The number of rotatable bonds is 7. The first-order chi connectivity index (χ1) is 9.06. The summed E-state index contributed by atoms with van der Waals surface area (Å²) in [4.78, 5) is 0. The van der Waals surface area contributed by atoms with Gasteiger partial charge in [-0.3, -0.25) is 0 Å². The molecule has 2 atom stereocenters. The van der Waals surface area contributed by atoms with Crippen LogP contribution in [-0.2, 0) is 0 Å². The highest BCUT2D eigenvalue weighted by Gasteiger charge is 2.27. The molecule has 3 nitrogen and oxygen atoms in total. The predicted molar refractivity (Wildman–Crippen MR) is 78.2 cm³/mol. The Bertz CT molecular complexity index is 424. The molecule has 19 heavy (non-hydrogen) atoms. The Labute approximate surface area is 123 Å². The highest BCUT2D eigenvalue weighted by Crippen LogP contribution is 2.32. The van der Waals surface area contributed by atoms with Gasteiger partial charge in [-0.1, -0.05) is 23.2 Å². The molecule has 0 bridgehead atoms. The summed E-state index contributed by atoms with van der Waals surface area (Å²) in [6.07, 6.45) is 2.04. The number of aliphatic hydroxyl groups excluding tert-OH is 1. The first-order valence-electron chi connectivity index (χ1n) is 6.55. The quantitative estimate of drug-likeness (QED) is 0.813. The summed E-state index contributed by atoms with van der Waals surface area (Å²) in [6, 6.07) is 5.51. The van der Waals surface area contributed by atoms with Crippen molar-refractivity contribution in [3.05, 3.63) is 28.2 Å². The van der Waals surface area contributed by atoms with Crippen LogP contribution in [0.2, 0.25) is 10.0 Å². The second-order valence-corrected chi connectivity index (χ2v) is 5.92. The zero-order valence-electron chi connectivity index (χ0n) is 10.9. The van der Waals surface area contributed by atoms with E-state index in [4.69, 9.17) is 27.9 Å². The lowest BCUT2D eigenvalue weighted by Gasteiger charge is -2.17. The van der Waals surface area contributed by atoms with E-state index in [9.17, 15) is 5.11 Å². The monoisotopic (exact) mass is 303 g/mol. The smallest absolute Gasteiger partial charge is 0.138 e. The van der Waals surface area contributed by atoms with Crippen molar-refractivity contribution in [2.45, 2.75) is 31.9 Å². The van der Waals surface area contributed by atoms with Crippen molar-refractivity contribution < 1.29 is 9.84 Å². The van der Waals surface area contributed by atoms with Gasteiger partial charge in [0.05, 0.1) is 5.02 Å². The minimum absolute atomic E-state index is 0.214. The molecular formula is C14H19Cl2NO2. The molecule has 1 fully saturated rings. The maximum absolute atomic E-state index is 9.85. The number of hydrogen-bond donors (Lipinski definition) is 2. The van der Waals surface area contributed by atoms with E-state index in [2.05, 4.69) is 12.2 Å². The Morgan fingerprint density at radius 3 is 2.79 bits per heavy atom. The van der Waals surface area contributed by atoms with E-state index < -0.39 is 6.10 Å². The van der Waals surface area contributed by atoms with E-state index >= 15 is 0 Å². The number of ether oxygens (including phenoxy) is 1. The van der Waals surface area contributed by atoms with E-state index in [0.29, 0.717) is 28.4 Å². The molecule has 2 rings (SSSR count). The van der Waals surface area contributed by atoms with Crippen molar-refractivity contribution in [3.63, 3.8) is 0 Å². The van der Waals surface area contributed by atoms with E-state index in [1.54, 1.807) is 18.2 Å². The van der Waals surface area contributed by atoms with Crippen LogP contribution in [0.5, 0.6) is 5.75 Å². The summed E-state index contributed by atoms with van der Waals surface area (Å²) in [5, 5.41) is 14.2. The van der Waals surface area contributed by atoms with Crippen molar-refractivity contribution in [2.75, 3.05) is 13.2 Å². The Kier molecular flexibility index (Phi) is 5.34. The molecule has 106 valence electrons. The van der Waals surface area contributed by atoms with E-state index in [1.807, 2.05) is 0 Å². The van der Waals surface area contributed by atoms with Crippen molar-refractivity contribution in [3.8, 4) is 5.75 Å². The van der Waals surface area contributed by atoms with Crippen LogP contribution in [0.25, 0.3) is 0 Å². The molecule has 2 unspecified atom stereocenters. The average Bonchev–Trinajstić information content (AvgIpc) is 3.19. The van der Waals surface area contributed by atoms with Crippen molar-refractivity contribution in [1.29, 1.82) is 0 Å². The van der Waals surface area contributed by atoms with Crippen LogP contribution in [0.15, 0.2) is 18.2 Å². The van der Waals surface area contributed by atoms with Crippen LogP contribution in [0.4, 0.5) is 0 Å². The molecule has 0 heterocycles. The largest absolute Gasteiger partial charge is 0.489 e. The van der Waals surface area contributed by atoms with Gasteiger partial charge in [-0.2, -0.15) is 0 Å². The highest BCUT2D eigenvalue weighted by atomic mass is 35.5. The van der Waals surface area contributed by atoms with E-state index in [-0.39, 0.29) is 6.61 Å². The molecule has 0 radical (unpaired) electrons. The van der Waals surface area contributed by atoms with Gasteiger partial charge in [0.15, 0.2) is 0 Å². The molecule has 1 aliphatic carbocycles. The molecule has 0 aromatic heterocycles. The number of hydrogen-bond acceptors (Lipinski definition) is 3. The number of halogens is 2. The second kappa shape index (κ2) is 6.80. The summed E-state index contributed by atoms with van der Waals surface area (Å²) in [5.41, 5.74) is 0. The van der Waals surface area contributed by atoms with Gasteiger partial charge in [-0.15, -0.1) is 0 Å². The first kappa shape index (κ1) is 14.9. The van der Waals surface area contributed by atoms with E-state index in [1.165, 1.54) is 12.8 Å². The fourth-order valence-corrected chi connectivity index (χ4v) is 2.39. The minimum Gasteiger partial charge on any atom is -0.489 e. The molecule has 1 aliphatic rings. The molecule has 1 aromatic rings. The van der Waals surface area contributed by atoms with Crippen LogP contribution in [0.1, 0.15) is 19.8 Å². The van der Waals surface area contributed by atoms with Gasteiger partial charge in [0, 0.05) is 17.6 Å². The molecular weight excluding hydrogens is 285 g/mol. The van der Waals surface area contributed by atoms with Crippen molar-refractivity contribution in [2.24, 2.45) is 5.92 Å². The summed E-state index contributed by atoms with van der Waals surface area (Å²) in [7, 11) is 0. The lowest BCUT2D eigenvalue weighted by Crippen LogP contribution is -2.37.